The predicted molar refractivity (Wildman–Crippen MR) is 60.8 cm³/mol. The van der Waals surface area contributed by atoms with E-state index in [9.17, 15) is 4.79 Å². The molecule has 4 heteroatoms. The van der Waals surface area contributed by atoms with E-state index >= 15 is 0 Å². The van der Waals surface area contributed by atoms with Crippen LogP contribution in [0.3, 0.4) is 0 Å². The van der Waals surface area contributed by atoms with Crippen molar-refractivity contribution in [2.45, 2.75) is 32.2 Å². The molecule has 0 saturated carbocycles. The molecule has 0 aliphatic heterocycles. The van der Waals surface area contributed by atoms with Crippen LogP contribution in [0.2, 0.25) is 5.02 Å². The van der Waals surface area contributed by atoms with Crippen LogP contribution in [0.4, 0.5) is 0 Å². The summed E-state index contributed by atoms with van der Waals surface area (Å²) in [4.78, 5) is 15.4. The molecule has 3 nitrogen and oxygen atoms in total. The van der Waals surface area contributed by atoms with E-state index in [0.29, 0.717) is 17.9 Å². The van der Waals surface area contributed by atoms with Crippen LogP contribution in [-0.4, -0.2) is 16.8 Å². The van der Waals surface area contributed by atoms with Gasteiger partial charge in [-0.25, -0.2) is 0 Å². The first-order valence-corrected chi connectivity index (χ1v) is 5.37. The summed E-state index contributed by atoms with van der Waals surface area (Å²) in [6, 6.07) is 1.72. The van der Waals surface area contributed by atoms with Crippen molar-refractivity contribution in [3.05, 3.63) is 29.0 Å². The lowest BCUT2D eigenvalue weighted by Gasteiger charge is -2.07. The number of halogens is 1. The first-order chi connectivity index (χ1) is 7.13. The fourth-order valence-electron chi connectivity index (χ4n) is 1.27. The Bertz CT molecular complexity index is 341. The van der Waals surface area contributed by atoms with E-state index in [1.54, 1.807) is 18.5 Å². The van der Waals surface area contributed by atoms with Gasteiger partial charge in [-0.05, 0) is 18.1 Å². The number of Topliss-reactive ketones (excluding diaryl/α,β-unsaturated/α-hetero) is 1. The zero-order chi connectivity index (χ0) is 11.3. The number of aromatic nitrogens is 1. The zero-order valence-electron chi connectivity index (χ0n) is 8.74. The van der Waals surface area contributed by atoms with Gasteiger partial charge in [0.05, 0.1) is 5.02 Å². The quantitative estimate of drug-likeness (QED) is 0.835. The monoisotopic (exact) mass is 226 g/mol. The number of nitrogens with zero attached hydrogens (tertiary/aromatic N) is 1. The fraction of sp³-hybridized carbons (Fsp3) is 0.455. The van der Waals surface area contributed by atoms with Gasteiger partial charge in [0.25, 0.3) is 0 Å². The number of carbonyl (C=O) groups is 1. The van der Waals surface area contributed by atoms with E-state index in [0.717, 1.165) is 12.0 Å². The normalized spacial score (nSPS) is 12.5. The minimum atomic E-state index is -0.0434. The van der Waals surface area contributed by atoms with Crippen molar-refractivity contribution in [3.8, 4) is 0 Å². The van der Waals surface area contributed by atoms with E-state index in [-0.39, 0.29) is 11.8 Å². The van der Waals surface area contributed by atoms with Crippen LogP contribution in [0.1, 0.15) is 25.3 Å². The van der Waals surface area contributed by atoms with Crippen molar-refractivity contribution >= 4 is 17.4 Å². The van der Waals surface area contributed by atoms with Crippen LogP contribution < -0.4 is 5.73 Å². The van der Waals surface area contributed by atoms with Gasteiger partial charge < -0.3 is 5.73 Å². The molecule has 1 unspecified atom stereocenters. The lowest BCUT2D eigenvalue weighted by molar-refractivity contribution is -0.118. The Morgan fingerprint density at radius 2 is 2.40 bits per heavy atom. The Morgan fingerprint density at radius 3 is 3.00 bits per heavy atom. The number of carbonyl (C=O) groups excluding carboxylic acids is 1. The maximum atomic E-state index is 11.6. The van der Waals surface area contributed by atoms with Crippen molar-refractivity contribution in [3.63, 3.8) is 0 Å². The fourth-order valence-corrected chi connectivity index (χ4v) is 1.45. The van der Waals surface area contributed by atoms with Crippen LogP contribution in [-0.2, 0) is 11.2 Å². The molecule has 1 atom stereocenters. The van der Waals surface area contributed by atoms with Crippen LogP contribution in [0.5, 0.6) is 0 Å². The standard InChI is InChI=1S/C11H15ClN2O/c1-2-9(13)6-10(15)5-8-3-4-14-7-11(8)12/h3-4,7,9H,2,5-6,13H2,1H3. The number of hydrogen-bond donors (Lipinski definition) is 1. The molecule has 1 rings (SSSR count). The van der Waals surface area contributed by atoms with Gasteiger partial charge in [0.15, 0.2) is 0 Å². The van der Waals surface area contributed by atoms with Crippen molar-refractivity contribution in [1.82, 2.24) is 4.98 Å². The van der Waals surface area contributed by atoms with Crippen LogP contribution in [0, 0.1) is 0 Å². The highest BCUT2D eigenvalue weighted by atomic mass is 35.5. The molecule has 0 aliphatic rings. The topological polar surface area (TPSA) is 56.0 Å². The molecule has 2 N–H and O–H groups in total. The first-order valence-electron chi connectivity index (χ1n) is 4.99. The Morgan fingerprint density at radius 1 is 1.67 bits per heavy atom. The molecule has 15 heavy (non-hydrogen) atoms. The van der Waals surface area contributed by atoms with E-state index < -0.39 is 0 Å². The Balaban J connectivity index is 2.55. The smallest absolute Gasteiger partial charge is 0.138 e. The summed E-state index contributed by atoms with van der Waals surface area (Å²) in [5.74, 6) is 0.123. The van der Waals surface area contributed by atoms with Crippen LogP contribution in [0.15, 0.2) is 18.5 Å². The van der Waals surface area contributed by atoms with E-state index in [1.165, 1.54) is 0 Å². The van der Waals surface area contributed by atoms with Crippen molar-refractivity contribution in [2.75, 3.05) is 0 Å². The van der Waals surface area contributed by atoms with Gasteiger partial charge in [0.1, 0.15) is 5.78 Å². The molecule has 0 spiro atoms. The third kappa shape index (κ3) is 3.98. The summed E-state index contributed by atoms with van der Waals surface area (Å²) >= 11 is 5.89. The first kappa shape index (κ1) is 12.1. The molecular weight excluding hydrogens is 212 g/mol. The van der Waals surface area contributed by atoms with E-state index in [1.807, 2.05) is 6.92 Å². The summed E-state index contributed by atoms with van der Waals surface area (Å²) in [6.45, 7) is 1.97. The second-order valence-corrected chi connectivity index (χ2v) is 3.96. The molecule has 0 saturated heterocycles. The molecule has 1 aromatic rings. The Kier molecular flexibility index (Phi) is 4.72. The summed E-state index contributed by atoms with van der Waals surface area (Å²) < 4.78 is 0. The molecule has 0 aliphatic carbocycles. The second kappa shape index (κ2) is 5.83. The van der Waals surface area contributed by atoms with Gasteiger partial charge in [0.2, 0.25) is 0 Å². The summed E-state index contributed by atoms with van der Waals surface area (Å²) in [5, 5.41) is 0.538. The highest BCUT2D eigenvalue weighted by Crippen LogP contribution is 2.15. The van der Waals surface area contributed by atoms with Crippen molar-refractivity contribution in [1.29, 1.82) is 0 Å². The van der Waals surface area contributed by atoms with Gasteiger partial charge in [-0.3, -0.25) is 9.78 Å². The number of nitrogens with two attached hydrogens (primary N) is 1. The largest absolute Gasteiger partial charge is 0.327 e. The van der Waals surface area contributed by atoms with Gasteiger partial charge in [-0.15, -0.1) is 0 Å². The summed E-state index contributed by atoms with van der Waals surface area (Å²) in [7, 11) is 0. The SMILES string of the molecule is CCC(N)CC(=O)Cc1ccncc1Cl. The average Bonchev–Trinajstić information content (AvgIpc) is 2.21. The number of ketones is 1. The van der Waals surface area contributed by atoms with Crippen LogP contribution >= 0.6 is 11.6 Å². The lowest BCUT2D eigenvalue weighted by Crippen LogP contribution is -2.23. The van der Waals surface area contributed by atoms with Crippen molar-refractivity contribution in [2.24, 2.45) is 5.73 Å². The lowest BCUT2D eigenvalue weighted by atomic mass is 10.0. The van der Waals surface area contributed by atoms with Crippen molar-refractivity contribution < 1.29 is 4.79 Å². The average molecular weight is 227 g/mol. The Labute approximate surface area is 94.6 Å². The molecule has 82 valence electrons. The Hall–Kier alpha value is -0.930. The minimum Gasteiger partial charge on any atom is -0.327 e. The van der Waals surface area contributed by atoms with Gasteiger partial charge in [-0.2, -0.15) is 0 Å². The maximum absolute atomic E-state index is 11.6. The highest BCUT2D eigenvalue weighted by molar-refractivity contribution is 6.31. The minimum absolute atomic E-state index is 0.0434. The molecule has 0 amide bonds. The molecular formula is C11H15ClN2O. The second-order valence-electron chi connectivity index (χ2n) is 3.55. The highest BCUT2D eigenvalue weighted by Gasteiger charge is 2.10. The molecule has 0 fully saturated rings. The summed E-state index contributed by atoms with van der Waals surface area (Å²) in [5.41, 5.74) is 6.52. The molecule has 0 aromatic carbocycles. The van der Waals surface area contributed by atoms with Gasteiger partial charge >= 0.3 is 0 Å². The zero-order valence-corrected chi connectivity index (χ0v) is 9.50. The number of hydrogen-bond acceptors (Lipinski definition) is 3. The molecule has 1 aromatic heterocycles. The van der Waals surface area contributed by atoms with Crippen LogP contribution in [0.25, 0.3) is 0 Å². The summed E-state index contributed by atoms with van der Waals surface area (Å²) in [6.07, 6.45) is 4.75. The van der Waals surface area contributed by atoms with E-state index in [4.69, 9.17) is 17.3 Å². The van der Waals surface area contributed by atoms with E-state index in [2.05, 4.69) is 4.98 Å². The van der Waals surface area contributed by atoms with Gasteiger partial charge in [0, 0.05) is 31.3 Å². The molecule has 0 bridgehead atoms. The maximum Gasteiger partial charge on any atom is 0.138 e. The number of pyridine rings is 1. The third-order valence-corrected chi connectivity index (χ3v) is 2.60. The molecule has 1 heterocycles. The predicted octanol–water partition coefficient (Wildman–Crippen LogP) is 1.97. The van der Waals surface area contributed by atoms with Gasteiger partial charge in [-0.1, -0.05) is 18.5 Å². The molecule has 0 radical (unpaired) electrons. The third-order valence-electron chi connectivity index (χ3n) is 2.26. The number of rotatable bonds is 5.